The maximum Gasteiger partial charge on any atom is 0.151 e. The van der Waals surface area contributed by atoms with Gasteiger partial charge < -0.3 is 10.1 Å². The van der Waals surface area contributed by atoms with Crippen molar-refractivity contribution < 1.29 is 13.5 Å². The van der Waals surface area contributed by atoms with Crippen molar-refractivity contribution in [3.63, 3.8) is 0 Å². The first-order chi connectivity index (χ1) is 12.5. The molecule has 2 aromatic carbocycles. The average Bonchev–Trinajstić information content (AvgIpc) is 3.01. The molecule has 136 valence electrons. The van der Waals surface area contributed by atoms with E-state index in [0.717, 1.165) is 28.6 Å². The predicted molar refractivity (Wildman–Crippen MR) is 96.5 cm³/mol. The summed E-state index contributed by atoms with van der Waals surface area (Å²) in [5, 5.41) is 7.71. The van der Waals surface area contributed by atoms with Crippen LogP contribution in [0.15, 0.2) is 48.7 Å². The third-order valence-corrected chi connectivity index (χ3v) is 4.42. The normalized spacial score (nSPS) is 12.2. The number of halogens is 2. The fraction of sp³-hybridized carbons (Fsp3) is 0.250. The number of nitrogens with one attached hydrogen (secondary N) is 1. The summed E-state index contributed by atoms with van der Waals surface area (Å²) in [6.45, 7) is 4.58. The highest BCUT2D eigenvalue weighted by Crippen LogP contribution is 2.22. The standard InChI is InChI=1S/C20H21F2N3O/c1-13(23-11-15-4-7-17(26-3)8-5-15)18-12-24-25(14(18)2)20-9-6-16(21)10-19(20)22/h4-10,12-13,23H,11H2,1-3H3/t13-/m0/s1. The molecule has 0 spiro atoms. The van der Waals surface area contributed by atoms with Crippen LogP contribution in [0.25, 0.3) is 5.69 Å². The molecule has 4 nitrogen and oxygen atoms in total. The minimum absolute atomic E-state index is 0.0226. The first-order valence-electron chi connectivity index (χ1n) is 8.36. The van der Waals surface area contributed by atoms with Crippen molar-refractivity contribution in [3.8, 4) is 11.4 Å². The van der Waals surface area contributed by atoms with E-state index in [-0.39, 0.29) is 11.7 Å². The molecule has 3 rings (SSSR count). The lowest BCUT2D eigenvalue weighted by atomic mass is 10.1. The topological polar surface area (TPSA) is 39.1 Å². The second-order valence-corrected chi connectivity index (χ2v) is 6.14. The van der Waals surface area contributed by atoms with Crippen molar-refractivity contribution in [2.24, 2.45) is 0 Å². The smallest absolute Gasteiger partial charge is 0.151 e. The molecule has 0 bridgehead atoms. The summed E-state index contributed by atoms with van der Waals surface area (Å²) in [5.74, 6) is -0.423. The molecule has 26 heavy (non-hydrogen) atoms. The Balaban J connectivity index is 1.73. The van der Waals surface area contributed by atoms with Crippen LogP contribution in [0, 0.1) is 18.6 Å². The van der Waals surface area contributed by atoms with Crippen LogP contribution in [0.5, 0.6) is 5.75 Å². The SMILES string of the molecule is COc1ccc(CN[C@@H](C)c2cnn(-c3ccc(F)cc3F)c2C)cc1. The molecule has 0 saturated carbocycles. The number of ether oxygens (including phenoxy) is 1. The number of nitrogens with zero attached hydrogens (tertiary/aromatic N) is 2. The molecule has 1 heterocycles. The van der Waals surface area contributed by atoms with Crippen molar-refractivity contribution in [2.45, 2.75) is 26.4 Å². The van der Waals surface area contributed by atoms with Gasteiger partial charge in [0.05, 0.1) is 13.3 Å². The number of methoxy groups -OCH3 is 1. The largest absolute Gasteiger partial charge is 0.497 e. The predicted octanol–water partition coefficient (Wildman–Crippen LogP) is 4.32. The van der Waals surface area contributed by atoms with Crippen LogP contribution in [0.2, 0.25) is 0 Å². The first kappa shape index (κ1) is 18.1. The van der Waals surface area contributed by atoms with E-state index in [1.165, 1.54) is 16.8 Å². The van der Waals surface area contributed by atoms with Gasteiger partial charge in [-0.25, -0.2) is 13.5 Å². The number of benzene rings is 2. The molecule has 0 unspecified atom stereocenters. The van der Waals surface area contributed by atoms with Gasteiger partial charge >= 0.3 is 0 Å². The zero-order valence-corrected chi connectivity index (χ0v) is 15.0. The molecular formula is C20H21F2N3O. The average molecular weight is 357 g/mol. The summed E-state index contributed by atoms with van der Waals surface area (Å²) < 4.78 is 33.8. The lowest BCUT2D eigenvalue weighted by Gasteiger charge is -2.14. The summed E-state index contributed by atoms with van der Waals surface area (Å²) in [4.78, 5) is 0. The van der Waals surface area contributed by atoms with Gasteiger partial charge in [0.1, 0.15) is 17.3 Å². The molecule has 0 amide bonds. The molecule has 3 aromatic rings. The van der Waals surface area contributed by atoms with Gasteiger partial charge in [-0.05, 0) is 43.7 Å². The minimum atomic E-state index is -0.637. The van der Waals surface area contributed by atoms with Crippen LogP contribution in [-0.4, -0.2) is 16.9 Å². The Morgan fingerprint density at radius 3 is 2.54 bits per heavy atom. The zero-order chi connectivity index (χ0) is 18.7. The van der Waals surface area contributed by atoms with E-state index >= 15 is 0 Å². The number of aromatic nitrogens is 2. The maximum atomic E-state index is 14.0. The molecule has 0 fully saturated rings. The van der Waals surface area contributed by atoms with Gasteiger partial charge in [-0.1, -0.05) is 12.1 Å². The van der Waals surface area contributed by atoms with Crippen LogP contribution in [0.3, 0.4) is 0 Å². The molecule has 1 atom stereocenters. The maximum absolute atomic E-state index is 14.0. The molecular weight excluding hydrogens is 336 g/mol. The van der Waals surface area contributed by atoms with Crippen molar-refractivity contribution in [1.82, 2.24) is 15.1 Å². The van der Waals surface area contributed by atoms with Crippen LogP contribution in [-0.2, 0) is 6.54 Å². The van der Waals surface area contributed by atoms with Gasteiger partial charge in [0.2, 0.25) is 0 Å². The summed E-state index contributed by atoms with van der Waals surface area (Å²) in [5.41, 5.74) is 3.14. The summed E-state index contributed by atoms with van der Waals surface area (Å²) in [7, 11) is 1.64. The van der Waals surface area contributed by atoms with Gasteiger partial charge in [0.15, 0.2) is 5.82 Å². The Hall–Kier alpha value is -2.73. The third kappa shape index (κ3) is 3.75. The van der Waals surface area contributed by atoms with Gasteiger partial charge in [-0.15, -0.1) is 0 Å². The highest BCUT2D eigenvalue weighted by Gasteiger charge is 2.16. The highest BCUT2D eigenvalue weighted by molar-refractivity contribution is 5.37. The fourth-order valence-electron chi connectivity index (χ4n) is 2.87. The monoisotopic (exact) mass is 357 g/mol. The van der Waals surface area contributed by atoms with E-state index in [2.05, 4.69) is 10.4 Å². The van der Waals surface area contributed by atoms with Gasteiger partial charge in [0.25, 0.3) is 0 Å². The second-order valence-electron chi connectivity index (χ2n) is 6.14. The van der Waals surface area contributed by atoms with Gasteiger partial charge in [-0.3, -0.25) is 0 Å². The lowest BCUT2D eigenvalue weighted by molar-refractivity contribution is 0.414. The van der Waals surface area contributed by atoms with E-state index in [9.17, 15) is 8.78 Å². The summed E-state index contributed by atoms with van der Waals surface area (Å²) in [6.07, 6.45) is 1.71. The van der Waals surface area contributed by atoms with E-state index in [1.807, 2.05) is 38.1 Å². The van der Waals surface area contributed by atoms with E-state index in [0.29, 0.717) is 6.54 Å². The lowest BCUT2D eigenvalue weighted by Crippen LogP contribution is -2.18. The Morgan fingerprint density at radius 2 is 1.88 bits per heavy atom. The van der Waals surface area contributed by atoms with Crippen molar-refractivity contribution in [2.75, 3.05) is 7.11 Å². The molecule has 0 aliphatic carbocycles. The van der Waals surface area contributed by atoms with Crippen LogP contribution >= 0.6 is 0 Å². The van der Waals surface area contributed by atoms with E-state index in [1.54, 1.807) is 13.3 Å². The summed E-state index contributed by atoms with van der Waals surface area (Å²) in [6, 6.07) is 11.3. The minimum Gasteiger partial charge on any atom is -0.497 e. The van der Waals surface area contributed by atoms with Crippen LogP contribution in [0.4, 0.5) is 8.78 Å². The molecule has 6 heteroatoms. The quantitative estimate of drug-likeness (QED) is 0.714. The highest BCUT2D eigenvalue weighted by atomic mass is 19.1. The molecule has 0 radical (unpaired) electrons. The Kier molecular flexibility index (Phi) is 5.32. The molecule has 1 aromatic heterocycles. The van der Waals surface area contributed by atoms with E-state index in [4.69, 9.17) is 4.74 Å². The molecule has 0 aliphatic rings. The van der Waals surface area contributed by atoms with Crippen molar-refractivity contribution in [3.05, 3.63) is 77.1 Å². The number of hydrogen-bond donors (Lipinski definition) is 1. The van der Waals surface area contributed by atoms with Gasteiger partial charge in [0, 0.05) is 29.9 Å². The van der Waals surface area contributed by atoms with Crippen LogP contribution < -0.4 is 10.1 Å². The molecule has 0 saturated heterocycles. The summed E-state index contributed by atoms with van der Waals surface area (Å²) >= 11 is 0. The zero-order valence-electron chi connectivity index (χ0n) is 15.0. The molecule has 0 aliphatic heterocycles. The van der Waals surface area contributed by atoms with Crippen molar-refractivity contribution >= 4 is 0 Å². The first-order valence-corrected chi connectivity index (χ1v) is 8.36. The molecule has 1 N–H and O–H groups in total. The van der Waals surface area contributed by atoms with Gasteiger partial charge in [-0.2, -0.15) is 5.10 Å². The second kappa shape index (κ2) is 7.66. The van der Waals surface area contributed by atoms with E-state index < -0.39 is 11.6 Å². The Morgan fingerprint density at radius 1 is 1.15 bits per heavy atom. The third-order valence-electron chi connectivity index (χ3n) is 4.42. The fourth-order valence-corrected chi connectivity index (χ4v) is 2.87. The van der Waals surface area contributed by atoms with Crippen LogP contribution in [0.1, 0.15) is 29.8 Å². The number of rotatable bonds is 6. The Labute approximate surface area is 151 Å². The van der Waals surface area contributed by atoms with Crippen molar-refractivity contribution in [1.29, 1.82) is 0 Å². The number of hydrogen-bond acceptors (Lipinski definition) is 3. The Bertz CT molecular complexity index is 891.